The minimum absolute atomic E-state index is 0. The van der Waals surface area contributed by atoms with E-state index in [2.05, 4.69) is 72.4 Å². The highest BCUT2D eigenvalue weighted by molar-refractivity contribution is 5.57. The minimum Gasteiger partial charge on any atom is -0.374 e. The van der Waals surface area contributed by atoms with E-state index in [1.54, 1.807) is 0 Å². The third-order valence-electron chi connectivity index (χ3n) is 4.71. The predicted octanol–water partition coefficient (Wildman–Crippen LogP) is 6.83. The predicted molar refractivity (Wildman–Crippen MR) is 125 cm³/mol. The van der Waals surface area contributed by atoms with Gasteiger partial charge in [-0.1, -0.05) is 71.5 Å². The molecule has 2 aliphatic heterocycles. The van der Waals surface area contributed by atoms with Crippen LogP contribution >= 0.6 is 0 Å². The Labute approximate surface area is 169 Å². The largest absolute Gasteiger partial charge is 0.374 e. The molecule has 2 aromatic rings. The smallest absolute Gasteiger partial charge is 0.0396 e. The average Bonchev–Trinajstić information content (AvgIpc) is 2.99. The maximum atomic E-state index is 2.36. The second-order valence-electron chi connectivity index (χ2n) is 6.31. The molecule has 0 aromatic heterocycles. The van der Waals surface area contributed by atoms with E-state index in [0.717, 1.165) is 0 Å². The van der Waals surface area contributed by atoms with Gasteiger partial charge in [-0.15, -0.1) is 0 Å². The van der Waals surface area contributed by atoms with Gasteiger partial charge in [-0.3, -0.25) is 0 Å². The van der Waals surface area contributed by atoms with Crippen LogP contribution in [0.5, 0.6) is 0 Å². The Kier molecular flexibility index (Phi) is 13.1. The van der Waals surface area contributed by atoms with E-state index >= 15 is 0 Å². The average molecular weight is 371 g/mol. The van der Waals surface area contributed by atoms with Gasteiger partial charge in [-0.05, 0) is 48.9 Å². The quantitative estimate of drug-likeness (QED) is 0.501. The van der Waals surface area contributed by atoms with Crippen LogP contribution in [-0.2, 0) is 12.8 Å². The molecule has 2 heteroatoms. The van der Waals surface area contributed by atoms with E-state index in [9.17, 15) is 0 Å². The lowest BCUT2D eigenvalue weighted by Gasteiger charge is -2.18. The number of likely N-dealkylation sites (N-methyl/N-ethyl adjacent to an activating group) is 1. The molecule has 27 heavy (non-hydrogen) atoms. The molecule has 4 rings (SSSR count). The highest BCUT2D eigenvalue weighted by Crippen LogP contribution is 2.25. The monoisotopic (exact) mass is 370 g/mol. The fraction of sp³-hybridized carbons (Fsp3) is 0.520. The number of aryl methyl sites for hydroxylation is 1. The Morgan fingerprint density at radius 3 is 1.59 bits per heavy atom. The summed E-state index contributed by atoms with van der Waals surface area (Å²) < 4.78 is 0. The standard InChI is InChI=1S/C11H15N.C9H11N.2C2H6.CH4/c1-12-9-5-4-7-10-6-2-3-8-11(10)12;1-10-7-6-8-4-2-3-5-9(8)10;2*1-2;/h2-3,6,8H,4-5,7,9H2,1H3;2-5H,6-7H2,1H3;2*1-2H3;1H4. The first kappa shape index (κ1) is 25.0. The van der Waals surface area contributed by atoms with Crippen LogP contribution in [0.2, 0.25) is 0 Å². The molecule has 2 aromatic carbocycles. The van der Waals surface area contributed by atoms with E-state index in [-0.39, 0.29) is 7.43 Å². The maximum Gasteiger partial charge on any atom is 0.0396 e. The van der Waals surface area contributed by atoms with E-state index < -0.39 is 0 Å². The molecule has 0 fully saturated rings. The molecule has 0 amide bonds. The molecule has 0 unspecified atom stereocenters. The van der Waals surface area contributed by atoms with Crippen molar-refractivity contribution in [2.45, 2.75) is 60.8 Å². The minimum atomic E-state index is 0. The van der Waals surface area contributed by atoms with Crippen LogP contribution in [0.15, 0.2) is 48.5 Å². The number of benzene rings is 2. The molecule has 0 radical (unpaired) electrons. The highest BCUT2D eigenvalue weighted by Gasteiger charge is 2.13. The molecule has 0 aliphatic carbocycles. The van der Waals surface area contributed by atoms with Gasteiger partial charge in [0, 0.05) is 38.6 Å². The van der Waals surface area contributed by atoms with Crippen molar-refractivity contribution in [3.8, 4) is 0 Å². The summed E-state index contributed by atoms with van der Waals surface area (Å²) in [6, 6.07) is 17.3. The fourth-order valence-electron chi connectivity index (χ4n) is 3.38. The van der Waals surface area contributed by atoms with Crippen molar-refractivity contribution < 1.29 is 0 Å². The number of fused-ring (bicyclic) bond motifs is 2. The zero-order valence-electron chi connectivity index (χ0n) is 17.8. The van der Waals surface area contributed by atoms with Crippen LogP contribution in [-0.4, -0.2) is 27.2 Å². The third-order valence-corrected chi connectivity index (χ3v) is 4.71. The lowest BCUT2D eigenvalue weighted by Crippen LogP contribution is -2.17. The molecular formula is C25H42N2. The van der Waals surface area contributed by atoms with Crippen molar-refractivity contribution in [3.05, 3.63) is 59.7 Å². The molecule has 0 bridgehead atoms. The van der Waals surface area contributed by atoms with Crippen molar-refractivity contribution in [1.29, 1.82) is 0 Å². The van der Waals surface area contributed by atoms with E-state index in [4.69, 9.17) is 0 Å². The number of anilines is 2. The van der Waals surface area contributed by atoms with Gasteiger partial charge in [0.1, 0.15) is 0 Å². The number of hydrogen-bond donors (Lipinski definition) is 0. The summed E-state index contributed by atoms with van der Waals surface area (Å²) in [5.74, 6) is 0. The fourth-order valence-corrected chi connectivity index (χ4v) is 3.38. The summed E-state index contributed by atoms with van der Waals surface area (Å²) in [5.41, 5.74) is 5.83. The first-order valence-corrected chi connectivity index (χ1v) is 10.3. The number of hydrogen-bond acceptors (Lipinski definition) is 2. The van der Waals surface area contributed by atoms with Crippen molar-refractivity contribution in [2.24, 2.45) is 0 Å². The molecule has 152 valence electrons. The molecule has 0 saturated carbocycles. The summed E-state index contributed by atoms with van der Waals surface area (Å²) in [6.07, 6.45) is 5.12. The summed E-state index contributed by atoms with van der Waals surface area (Å²) in [5, 5.41) is 0. The van der Waals surface area contributed by atoms with Crippen LogP contribution in [0, 0.1) is 0 Å². The molecule has 2 nitrogen and oxygen atoms in total. The Bertz CT molecular complexity index is 621. The van der Waals surface area contributed by atoms with Gasteiger partial charge in [-0.25, -0.2) is 0 Å². The number of nitrogens with zero attached hydrogens (tertiary/aromatic N) is 2. The first-order valence-electron chi connectivity index (χ1n) is 10.3. The molecule has 2 heterocycles. The molecule has 0 saturated heterocycles. The number of rotatable bonds is 0. The third kappa shape index (κ3) is 7.28. The maximum absolute atomic E-state index is 2.36. The van der Waals surface area contributed by atoms with Gasteiger partial charge in [0.15, 0.2) is 0 Å². The Morgan fingerprint density at radius 1 is 0.593 bits per heavy atom. The van der Waals surface area contributed by atoms with Crippen LogP contribution in [0.25, 0.3) is 0 Å². The van der Waals surface area contributed by atoms with Gasteiger partial charge >= 0.3 is 0 Å². The van der Waals surface area contributed by atoms with Gasteiger partial charge in [0.25, 0.3) is 0 Å². The zero-order chi connectivity index (χ0) is 19.4. The van der Waals surface area contributed by atoms with Crippen molar-refractivity contribution >= 4 is 11.4 Å². The van der Waals surface area contributed by atoms with Crippen molar-refractivity contribution in [3.63, 3.8) is 0 Å². The SMILES string of the molecule is C.CC.CC.CN1CCCCc2ccccc21.CN1CCc2ccccc21. The Balaban J connectivity index is 0.000000414. The Morgan fingerprint density at radius 2 is 1.04 bits per heavy atom. The van der Waals surface area contributed by atoms with E-state index in [1.807, 2.05) is 27.7 Å². The lowest BCUT2D eigenvalue weighted by molar-refractivity contribution is 0.750. The van der Waals surface area contributed by atoms with Gasteiger partial charge in [0.2, 0.25) is 0 Å². The van der Waals surface area contributed by atoms with Gasteiger partial charge in [-0.2, -0.15) is 0 Å². The second kappa shape index (κ2) is 14.1. The topological polar surface area (TPSA) is 6.48 Å². The van der Waals surface area contributed by atoms with Crippen LogP contribution < -0.4 is 9.80 Å². The Hall–Kier alpha value is -1.96. The lowest BCUT2D eigenvalue weighted by atomic mass is 10.1. The van der Waals surface area contributed by atoms with E-state index in [1.165, 1.54) is 61.3 Å². The number of para-hydroxylation sites is 2. The molecule has 0 spiro atoms. The summed E-state index contributed by atoms with van der Waals surface area (Å²) in [6.45, 7) is 10.4. The highest BCUT2D eigenvalue weighted by atomic mass is 15.1. The molecule has 2 aliphatic rings. The second-order valence-corrected chi connectivity index (χ2v) is 6.31. The van der Waals surface area contributed by atoms with Crippen LogP contribution in [0.4, 0.5) is 11.4 Å². The summed E-state index contributed by atoms with van der Waals surface area (Å²) >= 11 is 0. The van der Waals surface area contributed by atoms with E-state index in [0.29, 0.717) is 0 Å². The van der Waals surface area contributed by atoms with Crippen molar-refractivity contribution in [1.82, 2.24) is 0 Å². The van der Waals surface area contributed by atoms with Gasteiger partial charge < -0.3 is 9.80 Å². The summed E-state index contributed by atoms with van der Waals surface area (Å²) in [4.78, 5) is 4.66. The zero-order valence-corrected chi connectivity index (χ0v) is 17.8. The molecule has 0 N–H and O–H groups in total. The van der Waals surface area contributed by atoms with Gasteiger partial charge in [0.05, 0.1) is 0 Å². The van der Waals surface area contributed by atoms with Crippen LogP contribution in [0.1, 0.15) is 59.1 Å². The van der Waals surface area contributed by atoms with Crippen molar-refractivity contribution in [2.75, 3.05) is 37.0 Å². The summed E-state index contributed by atoms with van der Waals surface area (Å²) in [7, 11) is 4.33. The first-order chi connectivity index (χ1) is 12.8. The normalized spacial score (nSPS) is 13.7. The molecular weight excluding hydrogens is 328 g/mol. The van der Waals surface area contributed by atoms with Crippen LogP contribution in [0.3, 0.4) is 0 Å². The molecule has 0 atom stereocenters.